The SMILES string of the molecule is COc1n[nH]c(C(=O)Nc2ncn(Cc3cccc(C)c3)n2)c1[N+](=O)[O-]. The van der Waals surface area contributed by atoms with Crippen LogP contribution in [0.1, 0.15) is 21.6 Å². The molecule has 1 amide bonds. The molecule has 0 unspecified atom stereocenters. The zero-order chi connectivity index (χ0) is 18.7. The lowest BCUT2D eigenvalue weighted by atomic mass is 10.1. The molecule has 0 aliphatic carbocycles. The summed E-state index contributed by atoms with van der Waals surface area (Å²) in [6.45, 7) is 2.46. The van der Waals surface area contributed by atoms with E-state index in [-0.39, 0.29) is 17.5 Å². The normalized spacial score (nSPS) is 10.5. The molecule has 134 valence electrons. The first-order valence-corrected chi connectivity index (χ1v) is 7.51. The topological polar surface area (TPSA) is 141 Å². The van der Waals surface area contributed by atoms with Crippen LogP contribution in [0.3, 0.4) is 0 Å². The van der Waals surface area contributed by atoms with Gasteiger partial charge in [0.1, 0.15) is 6.33 Å². The molecule has 0 aliphatic rings. The van der Waals surface area contributed by atoms with Gasteiger partial charge in [-0.05, 0) is 12.5 Å². The molecule has 26 heavy (non-hydrogen) atoms. The van der Waals surface area contributed by atoms with E-state index in [2.05, 4.69) is 25.6 Å². The third kappa shape index (κ3) is 3.50. The van der Waals surface area contributed by atoms with Gasteiger partial charge in [-0.3, -0.25) is 25.3 Å². The highest BCUT2D eigenvalue weighted by Crippen LogP contribution is 2.27. The molecule has 0 fully saturated rings. The second kappa shape index (κ2) is 7.01. The second-order valence-electron chi connectivity index (χ2n) is 5.42. The number of rotatable bonds is 6. The molecule has 2 heterocycles. The van der Waals surface area contributed by atoms with Crippen molar-refractivity contribution in [3.8, 4) is 5.88 Å². The number of carbonyl (C=O) groups is 1. The van der Waals surface area contributed by atoms with Crippen molar-refractivity contribution in [2.24, 2.45) is 0 Å². The summed E-state index contributed by atoms with van der Waals surface area (Å²) in [4.78, 5) is 26.6. The Balaban J connectivity index is 1.74. The number of nitrogens with one attached hydrogen (secondary N) is 2. The Morgan fingerprint density at radius 2 is 2.27 bits per heavy atom. The smallest absolute Gasteiger partial charge is 0.362 e. The van der Waals surface area contributed by atoms with Crippen LogP contribution in [0.5, 0.6) is 5.88 Å². The number of ether oxygens (including phenoxy) is 1. The number of hydrogen-bond acceptors (Lipinski definition) is 7. The van der Waals surface area contributed by atoms with Crippen LogP contribution in [0.2, 0.25) is 0 Å². The van der Waals surface area contributed by atoms with E-state index in [1.165, 1.54) is 13.4 Å². The van der Waals surface area contributed by atoms with Crippen molar-refractivity contribution in [3.05, 3.63) is 57.5 Å². The van der Waals surface area contributed by atoms with Gasteiger partial charge < -0.3 is 4.74 Å². The number of anilines is 1. The number of aryl methyl sites for hydroxylation is 1. The number of nitrogens with zero attached hydrogens (tertiary/aromatic N) is 5. The number of H-pyrrole nitrogens is 1. The van der Waals surface area contributed by atoms with Gasteiger partial charge >= 0.3 is 11.6 Å². The number of carbonyl (C=O) groups excluding carboxylic acids is 1. The van der Waals surface area contributed by atoms with Crippen molar-refractivity contribution in [2.45, 2.75) is 13.5 Å². The molecule has 0 radical (unpaired) electrons. The van der Waals surface area contributed by atoms with Crippen molar-refractivity contribution in [1.82, 2.24) is 25.0 Å². The molecule has 0 saturated carbocycles. The lowest BCUT2D eigenvalue weighted by molar-refractivity contribution is -0.386. The van der Waals surface area contributed by atoms with Crippen molar-refractivity contribution < 1.29 is 14.5 Å². The quantitative estimate of drug-likeness (QED) is 0.503. The maximum absolute atomic E-state index is 12.2. The molecule has 0 saturated heterocycles. The lowest BCUT2D eigenvalue weighted by Crippen LogP contribution is -2.15. The first-order valence-electron chi connectivity index (χ1n) is 7.51. The summed E-state index contributed by atoms with van der Waals surface area (Å²) in [6, 6.07) is 7.89. The average molecular weight is 357 g/mol. The Bertz CT molecular complexity index is 963. The highest BCUT2D eigenvalue weighted by molar-refractivity contribution is 6.05. The van der Waals surface area contributed by atoms with E-state index in [1.807, 2.05) is 31.2 Å². The predicted octanol–water partition coefficient (Wildman–Crippen LogP) is 1.53. The van der Waals surface area contributed by atoms with Crippen LogP contribution in [-0.4, -0.2) is 42.9 Å². The summed E-state index contributed by atoms with van der Waals surface area (Å²) >= 11 is 0. The first-order chi connectivity index (χ1) is 12.5. The molecule has 0 atom stereocenters. The Labute approximate surface area is 147 Å². The number of hydrogen-bond donors (Lipinski definition) is 2. The summed E-state index contributed by atoms with van der Waals surface area (Å²) in [5.41, 5.74) is 1.25. The van der Waals surface area contributed by atoms with Gasteiger partial charge in [0.2, 0.25) is 11.6 Å². The minimum Gasteiger partial charge on any atom is -0.475 e. The van der Waals surface area contributed by atoms with Crippen LogP contribution in [0.15, 0.2) is 30.6 Å². The molecule has 1 aromatic carbocycles. The van der Waals surface area contributed by atoms with Gasteiger partial charge in [-0.25, -0.2) is 9.67 Å². The summed E-state index contributed by atoms with van der Waals surface area (Å²) in [5.74, 6) is -1.05. The number of aromatic nitrogens is 5. The molecular weight excluding hydrogens is 342 g/mol. The number of amides is 1. The van der Waals surface area contributed by atoms with Gasteiger partial charge in [0.25, 0.3) is 5.91 Å². The Morgan fingerprint density at radius 3 is 2.96 bits per heavy atom. The number of methoxy groups -OCH3 is 1. The molecule has 11 nitrogen and oxygen atoms in total. The molecule has 11 heteroatoms. The third-order valence-corrected chi connectivity index (χ3v) is 3.50. The van der Waals surface area contributed by atoms with Gasteiger partial charge in [-0.15, -0.1) is 10.2 Å². The van der Waals surface area contributed by atoms with Gasteiger partial charge in [0, 0.05) is 0 Å². The highest BCUT2D eigenvalue weighted by atomic mass is 16.6. The maximum Gasteiger partial charge on any atom is 0.362 e. The third-order valence-electron chi connectivity index (χ3n) is 3.50. The van der Waals surface area contributed by atoms with E-state index >= 15 is 0 Å². The van der Waals surface area contributed by atoms with E-state index in [9.17, 15) is 14.9 Å². The van der Waals surface area contributed by atoms with Crippen LogP contribution < -0.4 is 10.1 Å². The fourth-order valence-corrected chi connectivity index (χ4v) is 2.38. The first kappa shape index (κ1) is 17.1. The van der Waals surface area contributed by atoms with Gasteiger partial charge in [0.05, 0.1) is 18.6 Å². The van der Waals surface area contributed by atoms with Crippen molar-refractivity contribution in [2.75, 3.05) is 12.4 Å². The zero-order valence-electron chi connectivity index (χ0n) is 14.0. The summed E-state index contributed by atoms with van der Waals surface area (Å²) in [7, 11) is 1.22. The molecule has 2 N–H and O–H groups in total. The Morgan fingerprint density at radius 1 is 1.46 bits per heavy atom. The predicted molar refractivity (Wildman–Crippen MR) is 90.1 cm³/mol. The molecule has 3 rings (SSSR count). The largest absolute Gasteiger partial charge is 0.475 e. The second-order valence-corrected chi connectivity index (χ2v) is 5.42. The lowest BCUT2D eigenvalue weighted by Gasteiger charge is -2.02. The number of aromatic amines is 1. The fraction of sp³-hybridized carbons (Fsp3) is 0.200. The molecule has 0 spiro atoms. The summed E-state index contributed by atoms with van der Waals surface area (Å²) < 4.78 is 6.32. The molecule has 3 aromatic rings. The Kier molecular flexibility index (Phi) is 4.60. The van der Waals surface area contributed by atoms with Crippen LogP contribution in [0, 0.1) is 17.0 Å². The van der Waals surface area contributed by atoms with E-state index in [1.54, 1.807) is 4.68 Å². The maximum atomic E-state index is 12.2. The molecule has 2 aromatic heterocycles. The minimum absolute atomic E-state index is 0.0190. The summed E-state index contributed by atoms with van der Waals surface area (Å²) in [6.07, 6.45) is 1.46. The van der Waals surface area contributed by atoms with Gasteiger partial charge in [-0.2, -0.15) is 0 Å². The van der Waals surface area contributed by atoms with Crippen LogP contribution in [-0.2, 0) is 6.54 Å². The van der Waals surface area contributed by atoms with Crippen molar-refractivity contribution >= 4 is 17.5 Å². The standard InChI is InChI=1S/C15H15N7O4/c1-9-4-3-5-10(6-9)7-21-8-16-15(20-21)17-13(23)11-12(22(24)25)14(26-2)19-18-11/h3-6,8H,7H2,1-2H3,(H,18,19)(H,17,20,23). The molecule has 0 aliphatic heterocycles. The monoisotopic (exact) mass is 357 g/mol. The van der Waals surface area contributed by atoms with Crippen LogP contribution >= 0.6 is 0 Å². The van der Waals surface area contributed by atoms with Gasteiger partial charge in [-0.1, -0.05) is 29.8 Å². The zero-order valence-corrected chi connectivity index (χ0v) is 14.0. The van der Waals surface area contributed by atoms with E-state index in [0.29, 0.717) is 6.54 Å². The fourth-order valence-electron chi connectivity index (χ4n) is 2.38. The van der Waals surface area contributed by atoms with Crippen LogP contribution in [0.25, 0.3) is 0 Å². The summed E-state index contributed by atoms with van der Waals surface area (Å²) in [5, 5.41) is 23.5. The number of nitro groups is 1. The van der Waals surface area contributed by atoms with Crippen LogP contribution in [0.4, 0.5) is 11.6 Å². The van der Waals surface area contributed by atoms with E-state index < -0.39 is 16.5 Å². The van der Waals surface area contributed by atoms with E-state index in [4.69, 9.17) is 4.74 Å². The van der Waals surface area contributed by atoms with Crippen molar-refractivity contribution in [1.29, 1.82) is 0 Å². The van der Waals surface area contributed by atoms with Gasteiger partial charge in [0.15, 0.2) is 0 Å². The highest BCUT2D eigenvalue weighted by Gasteiger charge is 2.30. The van der Waals surface area contributed by atoms with Crippen molar-refractivity contribution in [3.63, 3.8) is 0 Å². The molecular formula is C15H15N7O4. The average Bonchev–Trinajstić information content (AvgIpc) is 3.21. The minimum atomic E-state index is -0.791. The number of benzene rings is 1. The Hall–Kier alpha value is -3.76. The molecule has 0 bridgehead atoms. The van der Waals surface area contributed by atoms with E-state index in [0.717, 1.165) is 11.1 Å².